The highest BCUT2D eigenvalue weighted by Gasteiger charge is 2.48. The lowest BCUT2D eigenvalue weighted by Crippen LogP contribution is -2.29. The highest BCUT2D eigenvalue weighted by atomic mass is 16.3. The molecule has 0 aliphatic carbocycles. The van der Waals surface area contributed by atoms with E-state index >= 15 is 0 Å². The van der Waals surface area contributed by atoms with Gasteiger partial charge in [-0.25, -0.2) is 0 Å². The Hall–Kier alpha value is -3.60. The number of nitrogens with zero attached hydrogens (tertiary/aromatic N) is 1. The second-order valence-electron chi connectivity index (χ2n) is 7.00. The summed E-state index contributed by atoms with van der Waals surface area (Å²) in [7, 11) is 0. The summed E-state index contributed by atoms with van der Waals surface area (Å²) in [6.45, 7) is 3.84. The van der Waals surface area contributed by atoms with Gasteiger partial charge in [-0.3, -0.25) is 14.5 Å². The van der Waals surface area contributed by atoms with Gasteiger partial charge in [0.1, 0.15) is 23.3 Å². The topological polar surface area (TPSA) is 70.8 Å². The summed E-state index contributed by atoms with van der Waals surface area (Å²) in [5.41, 5.74) is 2.20. The summed E-state index contributed by atoms with van der Waals surface area (Å²) >= 11 is 0. The Bertz CT molecular complexity index is 1090. The fourth-order valence-electron chi connectivity index (χ4n) is 3.61. The van der Waals surface area contributed by atoms with E-state index in [9.17, 15) is 14.7 Å². The lowest BCUT2D eigenvalue weighted by molar-refractivity contribution is -0.132. The summed E-state index contributed by atoms with van der Waals surface area (Å²) in [6.07, 6.45) is 0.869. The molecule has 0 bridgehead atoms. The van der Waals surface area contributed by atoms with Crippen LogP contribution in [0.15, 0.2) is 76.7 Å². The third-order valence-electron chi connectivity index (χ3n) is 5.15. The molecule has 1 aromatic heterocycles. The third kappa shape index (κ3) is 3.25. The quantitative estimate of drug-likeness (QED) is 0.397. The molecule has 1 N–H and O–H groups in total. The van der Waals surface area contributed by atoms with Gasteiger partial charge in [0.25, 0.3) is 11.7 Å². The number of Topliss-reactive ketones (excluding diaryl/α,β-unsaturated/α-hetero) is 1. The Morgan fingerprint density at radius 2 is 1.69 bits per heavy atom. The van der Waals surface area contributed by atoms with E-state index in [0.29, 0.717) is 22.8 Å². The van der Waals surface area contributed by atoms with Crippen LogP contribution >= 0.6 is 0 Å². The van der Waals surface area contributed by atoms with Gasteiger partial charge in [-0.2, -0.15) is 0 Å². The van der Waals surface area contributed by atoms with Gasteiger partial charge in [0.05, 0.1) is 5.57 Å². The Morgan fingerprint density at radius 3 is 2.28 bits per heavy atom. The molecule has 1 aliphatic heterocycles. The van der Waals surface area contributed by atoms with Crippen LogP contribution in [0.25, 0.3) is 5.76 Å². The average molecular weight is 387 g/mol. The van der Waals surface area contributed by atoms with E-state index in [1.807, 2.05) is 37.3 Å². The van der Waals surface area contributed by atoms with Gasteiger partial charge in [-0.1, -0.05) is 49.4 Å². The van der Waals surface area contributed by atoms with Crippen molar-refractivity contribution < 1.29 is 19.1 Å². The maximum Gasteiger partial charge on any atom is 0.300 e. The number of aryl methyl sites for hydroxylation is 2. The van der Waals surface area contributed by atoms with Crippen LogP contribution in [0, 0.1) is 6.92 Å². The molecule has 0 radical (unpaired) electrons. The first-order valence-electron chi connectivity index (χ1n) is 9.53. The molecule has 29 heavy (non-hydrogen) atoms. The van der Waals surface area contributed by atoms with Crippen molar-refractivity contribution in [3.05, 3.63) is 95.0 Å². The summed E-state index contributed by atoms with van der Waals surface area (Å²) in [4.78, 5) is 27.4. The zero-order valence-corrected chi connectivity index (χ0v) is 16.3. The fourth-order valence-corrected chi connectivity index (χ4v) is 3.61. The number of furan rings is 1. The van der Waals surface area contributed by atoms with E-state index in [0.717, 1.165) is 12.0 Å². The number of anilines is 1. The highest BCUT2D eigenvalue weighted by Crippen LogP contribution is 2.42. The Labute approximate surface area is 168 Å². The number of rotatable bonds is 4. The molecule has 3 aromatic rings. The normalized spacial score (nSPS) is 18.4. The smallest absolute Gasteiger partial charge is 0.300 e. The minimum Gasteiger partial charge on any atom is -0.507 e. The van der Waals surface area contributed by atoms with Crippen molar-refractivity contribution in [3.63, 3.8) is 0 Å². The number of amides is 1. The first kappa shape index (κ1) is 18.7. The predicted octanol–water partition coefficient (Wildman–Crippen LogP) is 4.78. The second-order valence-corrected chi connectivity index (χ2v) is 7.00. The van der Waals surface area contributed by atoms with Crippen LogP contribution in [-0.4, -0.2) is 16.8 Å². The maximum absolute atomic E-state index is 13.0. The van der Waals surface area contributed by atoms with E-state index in [-0.39, 0.29) is 11.3 Å². The van der Waals surface area contributed by atoms with Gasteiger partial charge in [0.15, 0.2) is 0 Å². The van der Waals surface area contributed by atoms with Gasteiger partial charge >= 0.3 is 0 Å². The SMILES string of the molecule is CCc1ccc(N2C(=O)C(=O)/C(=C(\O)c3ccccc3)C2c2ccc(C)o2)cc1. The van der Waals surface area contributed by atoms with Crippen LogP contribution in [0.1, 0.15) is 35.6 Å². The maximum atomic E-state index is 13.0. The summed E-state index contributed by atoms with van der Waals surface area (Å²) < 4.78 is 5.79. The van der Waals surface area contributed by atoms with Crippen LogP contribution in [-0.2, 0) is 16.0 Å². The van der Waals surface area contributed by atoms with Gasteiger partial charge in [0, 0.05) is 11.3 Å². The molecule has 0 spiro atoms. The molecule has 1 atom stereocenters. The molecule has 1 amide bonds. The number of hydrogen-bond donors (Lipinski definition) is 1. The van der Waals surface area contributed by atoms with Crippen molar-refractivity contribution in [2.75, 3.05) is 4.90 Å². The van der Waals surface area contributed by atoms with Gasteiger partial charge < -0.3 is 9.52 Å². The van der Waals surface area contributed by atoms with Crippen molar-refractivity contribution in [2.24, 2.45) is 0 Å². The van der Waals surface area contributed by atoms with Crippen LogP contribution < -0.4 is 4.90 Å². The largest absolute Gasteiger partial charge is 0.507 e. The Balaban J connectivity index is 1.91. The van der Waals surface area contributed by atoms with Gasteiger partial charge in [0.2, 0.25) is 0 Å². The molecule has 5 nitrogen and oxygen atoms in total. The predicted molar refractivity (Wildman–Crippen MR) is 110 cm³/mol. The van der Waals surface area contributed by atoms with Crippen LogP contribution in [0.4, 0.5) is 5.69 Å². The average Bonchev–Trinajstić information content (AvgIpc) is 3.29. The van der Waals surface area contributed by atoms with Crippen molar-refractivity contribution in [2.45, 2.75) is 26.3 Å². The zero-order chi connectivity index (χ0) is 20.5. The molecule has 1 aliphatic rings. The molecule has 1 fully saturated rings. The van der Waals surface area contributed by atoms with Gasteiger partial charge in [-0.05, 0) is 43.2 Å². The summed E-state index contributed by atoms with van der Waals surface area (Å²) in [5.74, 6) is -0.545. The lowest BCUT2D eigenvalue weighted by Gasteiger charge is -2.23. The lowest BCUT2D eigenvalue weighted by atomic mass is 9.99. The number of carbonyl (C=O) groups excluding carboxylic acids is 2. The molecule has 2 heterocycles. The molecular formula is C24H21NO4. The molecule has 4 rings (SSSR count). The van der Waals surface area contributed by atoms with Crippen LogP contribution in [0.5, 0.6) is 0 Å². The monoisotopic (exact) mass is 387 g/mol. The highest BCUT2D eigenvalue weighted by molar-refractivity contribution is 6.51. The van der Waals surface area contributed by atoms with Crippen molar-refractivity contribution in [1.82, 2.24) is 0 Å². The number of hydrogen-bond acceptors (Lipinski definition) is 4. The van der Waals surface area contributed by atoms with Crippen LogP contribution in [0.3, 0.4) is 0 Å². The second kappa shape index (κ2) is 7.43. The number of ketones is 1. The molecule has 146 valence electrons. The number of carbonyl (C=O) groups is 2. The first-order chi connectivity index (χ1) is 14.0. The van der Waals surface area contributed by atoms with Crippen LogP contribution in [0.2, 0.25) is 0 Å². The zero-order valence-electron chi connectivity index (χ0n) is 16.3. The summed E-state index contributed by atoms with van der Waals surface area (Å²) in [5, 5.41) is 10.9. The molecule has 1 saturated heterocycles. The summed E-state index contributed by atoms with van der Waals surface area (Å²) in [6, 6.07) is 18.9. The minimum atomic E-state index is -0.837. The first-order valence-corrected chi connectivity index (χ1v) is 9.53. The fraction of sp³-hybridized carbons (Fsp3) is 0.167. The molecule has 5 heteroatoms. The van der Waals surface area contributed by atoms with Crippen molar-refractivity contribution in [3.8, 4) is 0 Å². The van der Waals surface area contributed by atoms with Crippen molar-refractivity contribution in [1.29, 1.82) is 0 Å². The number of aliphatic hydroxyl groups is 1. The number of aliphatic hydroxyl groups excluding tert-OH is 1. The standard InChI is InChI=1S/C24H21NO4/c1-3-16-10-12-18(13-11-16)25-21(19-14-9-15(2)29-19)20(23(27)24(25)28)22(26)17-7-5-4-6-8-17/h4-14,21,26H,3H2,1-2H3/b22-20-. The Kier molecular flexibility index (Phi) is 4.80. The molecule has 0 saturated carbocycles. The minimum absolute atomic E-state index is 0.0233. The number of benzene rings is 2. The molecule has 2 aromatic carbocycles. The van der Waals surface area contributed by atoms with E-state index < -0.39 is 17.7 Å². The molecular weight excluding hydrogens is 366 g/mol. The Morgan fingerprint density at radius 1 is 1.00 bits per heavy atom. The van der Waals surface area contributed by atoms with Crippen molar-refractivity contribution >= 4 is 23.1 Å². The van der Waals surface area contributed by atoms with E-state index in [4.69, 9.17) is 4.42 Å². The van der Waals surface area contributed by atoms with Gasteiger partial charge in [-0.15, -0.1) is 0 Å². The van der Waals surface area contributed by atoms with E-state index in [1.54, 1.807) is 43.3 Å². The van der Waals surface area contributed by atoms with E-state index in [2.05, 4.69) is 0 Å². The molecule has 1 unspecified atom stereocenters. The third-order valence-corrected chi connectivity index (χ3v) is 5.15. The van der Waals surface area contributed by atoms with E-state index in [1.165, 1.54) is 4.90 Å².